The smallest absolute Gasteiger partial charge is 0.328 e. The summed E-state index contributed by atoms with van der Waals surface area (Å²) in [6.07, 6.45) is 2.11. The van der Waals surface area contributed by atoms with E-state index in [-0.39, 0.29) is 18.2 Å². The lowest BCUT2D eigenvalue weighted by atomic mass is 10.0. The number of benzene rings is 1. The van der Waals surface area contributed by atoms with Crippen LogP contribution in [0, 0.1) is 0 Å². The summed E-state index contributed by atoms with van der Waals surface area (Å²) in [5.74, 6) is -0.610. The van der Waals surface area contributed by atoms with Gasteiger partial charge in [0.05, 0.1) is 24.5 Å². The van der Waals surface area contributed by atoms with E-state index >= 15 is 0 Å². The van der Waals surface area contributed by atoms with Crippen LogP contribution in [0.15, 0.2) is 36.5 Å². The fraction of sp³-hybridized carbons (Fsp3) is 0.200. The third-order valence-electron chi connectivity index (χ3n) is 4.68. The second-order valence-electron chi connectivity index (χ2n) is 6.53. The molecule has 0 aliphatic rings. The monoisotopic (exact) mass is 425 g/mol. The number of para-hydroxylation sites is 1. The average molecular weight is 425 g/mol. The maximum absolute atomic E-state index is 12.9. The van der Waals surface area contributed by atoms with Crippen molar-refractivity contribution in [1.29, 1.82) is 0 Å². The van der Waals surface area contributed by atoms with E-state index in [2.05, 4.69) is 20.3 Å². The number of ether oxygens (including phenoxy) is 2. The van der Waals surface area contributed by atoms with Crippen molar-refractivity contribution in [3.8, 4) is 5.88 Å². The van der Waals surface area contributed by atoms with E-state index in [1.165, 1.54) is 14.2 Å². The molecular weight excluding hydrogens is 406 g/mol. The van der Waals surface area contributed by atoms with Crippen LogP contribution in [0.4, 0.5) is 5.95 Å². The normalized spacial score (nSPS) is 12.1. The maximum Gasteiger partial charge on any atom is 0.328 e. The number of hydrogen-bond acceptors (Lipinski definition) is 8. The van der Waals surface area contributed by atoms with Gasteiger partial charge in [0.2, 0.25) is 11.8 Å². The third kappa shape index (κ3) is 3.64. The molecule has 0 spiro atoms. The number of carbonyl (C=O) groups excluding carboxylic acids is 2. The number of rotatable bonds is 6. The molecule has 0 saturated carbocycles. The molecule has 30 heavy (non-hydrogen) atoms. The standard InChI is InChI=1S/C20H19N5O4S/c1-28-17-12-8-15(30-18(12)25-20(21)24-17)16(26)23-14(19(27)29-2)7-10-9-22-13-6-4-3-5-11(10)13/h3-6,8-9,14,22H,7H2,1-2H3,(H,23,26)(H2,21,24,25)/t14-/m1/s1. The number of nitrogens with one attached hydrogen (secondary N) is 2. The Kier molecular flexibility index (Phi) is 5.23. The third-order valence-corrected chi connectivity index (χ3v) is 5.71. The molecule has 0 bridgehead atoms. The summed E-state index contributed by atoms with van der Waals surface area (Å²) in [5, 5.41) is 4.32. The number of hydrogen-bond donors (Lipinski definition) is 3. The number of fused-ring (bicyclic) bond motifs is 2. The summed E-state index contributed by atoms with van der Waals surface area (Å²) in [6.45, 7) is 0. The van der Waals surface area contributed by atoms with Crippen molar-refractivity contribution >= 4 is 50.3 Å². The Bertz CT molecular complexity index is 1250. The lowest BCUT2D eigenvalue weighted by Gasteiger charge is -2.15. The van der Waals surface area contributed by atoms with E-state index in [0.29, 0.717) is 15.1 Å². The zero-order valence-corrected chi connectivity index (χ0v) is 17.1. The number of thiophene rings is 1. The maximum atomic E-state index is 12.9. The van der Waals surface area contributed by atoms with Gasteiger partial charge in [-0.3, -0.25) is 4.79 Å². The molecule has 0 unspecified atom stereocenters. The average Bonchev–Trinajstić information content (AvgIpc) is 3.36. The van der Waals surface area contributed by atoms with Gasteiger partial charge in [-0.2, -0.15) is 4.98 Å². The number of amides is 1. The molecule has 1 aromatic carbocycles. The molecule has 0 saturated heterocycles. The highest BCUT2D eigenvalue weighted by Gasteiger charge is 2.25. The molecule has 154 valence electrons. The van der Waals surface area contributed by atoms with Crippen LogP contribution in [0.1, 0.15) is 15.2 Å². The fourth-order valence-electron chi connectivity index (χ4n) is 3.26. The molecule has 3 aromatic heterocycles. The molecule has 1 atom stereocenters. The number of nitrogens with zero attached hydrogens (tertiary/aromatic N) is 2. The molecule has 0 radical (unpaired) electrons. The van der Waals surface area contributed by atoms with Gasteiger partial charge in [0, 0.05) is 23.5 Å². The van der Waals surface area contributed by atoms with Crippen molar-refractivity contribution in [2.45, 2.75) is 12.5 Å². The number of nitrogen functional groups attached to an aromatic ring is 1. The van der Waals surface area contributed by atoms with E-state index in [0.717, 1.165) is 27.8 Å². The van der Waals surface area contributed by atoms with Crippen molar-refractivity contribution in [1.82, 2.24) is 20.3 Å². The van der Waals surface area contributed by atoms with Crippen LogP contribution >= 0.6 is 11.3 Å². The highest BCUT2D eigenvalue weighted by atomic mass is 32.1. The molecule has 0 aliphatic heterocycles. The highest BCUT2D eigenvalue weighted by Crippen LogP contribution is 2.31. The Labute approximate surface area is 175 Å². The Balaban J connectivity index is 1.61. The van der Waals surface area contributed by atoms with Gasteiger partial charge in [-0.15, -0.1) is 11.3 Å². The summed E-state index contributed by atoms with van der Waals surface area (Å²) in [7, 11) is 2.76. The number of aromatic nitrogens is 3. The van der Waals surface area contributed by atoms with Crippen molar-refractivity contribution in [3.63, 3.8) is 0 Å². The van der Waals surface area contributed by atoms with E-state index < -0.39 is 17.9 Å². The van der Waals surface area contributed by atoms with Crippen LogP contribution in [-0.4, -0.2) is 47.1 Å². The number of methoxy groups -OCH3 is 2. The van der Waals surface area contributed by atoms with Gasteiger partial charge < -0.3 is 25.5 Å². The zero-order chi connectivity index (χ0) is 21.3. The lowest BCUT2D eigenvalue weighted by Crippen LogP contribution is -2.42. The first-order valence-corrected chi connectivity index (χ1v) is 9.86. The largest absolute Gasteiger partial charge is 0.480 e. The van der Waals surface area contributed by atoms with Gasteiger partial charge in [0.25, 0.3) is 5.91 Å². The van der Waals surface area contributed by atoms with Crippen LogP contribution < -0.4 is 15.8 Å². The molecule has 9 nitrogen and oxygen atoms in total. The first kappa shape index (κ1) is 19.6. The minimum atomic E-state index is -0.857. The fourth-order valence-corrected chi connectivity index (χ4v) is 4.20. The predicted molar refractivity (Wildman–Crippen MR) is 114 cm³/mol. The van der Waals surface area contributed by atoms with Crippen LogP contribution in [-0.2, 0) is 16.0 Å². The van der Waals surface area contributed by atoms with Crippen LogP contribution in [0.3, 0.4) is 0 Å². The van der Waals surface area contributed by atoms with Gasteiger partial charge in [-0.05, 0) is 17.7 Å². The van der Waals surface area contributed by atoms with Gasteiger partial charge in [-0.25, -0.2) is 9.78 Å². The molecule has 10 heteroatoms. The van der Waals surface area contributed by atoms with Gasteiger partial charge in [-0.1, -0.05) is 18.2 Å². The second kappa shape index (κ2) is 7.99. The van der Waals surface area contributed by atoms with Gasteiger partial charge in [0.15, 0.2) is 0 Å². The number of esters is 1. The van der Waals surface area contributed by atoms with Gasteiger partial charge in [0.1, 0.15) is 10.9 Å². The molecule has 4 N–H and O–H groups in total. The molecule has 1 amide bonds. The zero-order valence-electron chi connectivity index (χ0n) is 16.3. The molecule has 4 rings (SSSR count). The minimum absolute atomic E-state index is 0.0555. The number of H-pyrrole nitrogens is 1. The number of aromatic amines is 1. The number of anilines is 1. The molecular formula is C20H19N5O4S. The van der Waals surface area contributed by atoms with Crippen molar-refractivity contribution in [3.05, 3.63) is 47.0 Å². The van der Waals surface area contributed by atoms with Crippen LogP contribution in [0.25, 0.3) is 21.1 Å². The van der Waals surface area contributed by atoms with Crippen LogP contribution in [0.2, 0.25) is 0 Å². The first-order valence-electron chi connectivity index (χ1n) is 9.05. The van der Waals surface area contributed by atoms with E-state index in [9.17, 15) is 9.59 Å². The second-order valence-corrected chi connectivity index (χ2v) is 7.56. The SMILES string of the molecule is COC(=O)[C@@H](Cc1c[nH]c2ccccc12)NC(=O)c1cc2c(OC)nc(N)nc2s1. The van der Waals surface area contributed by atoms with Crippen molar-refractivity contribution in [2.75, 3.05) is 20.0 Å². The minimum Gasteiger partial charge on any atom is -0.480 e. The lowest BCUT2D eigenvalue weighted by molar-refractivity contribution is -0.142. The quantitative estimate of drug-likeness (QED) is 0.404. The number of carbonyl (C=O) groups is 2. The summed E-state index contributed by atoms with van der Waals surface area (Å²) in [4.78, 5) is 37.4. The number of nitrogens with two attached hydrogens (primary N) is 1. The Morgan fingerprint density at radius 3 is 2.80 bits per heavy atom. The summed E-state index contributed by atoms with van der Waals surface area (Å²) >= 11 is 1.14. The van der Waals surface area contributed by atoms with Crippen LogP contribution in [0.5, 0.6) is 5.88 Å². The van der Waals surface area contributed by atoms with E-state index in [1.807, 2.05) is 30.5 Å². The Hall–Kier alpha value is -3.66. The topological polar surface area (TPSA) is 132 Å². The molecule has 4 aromatic rings. The van der Waals surface area contributed by atoms with Crippen molar-refractivity contribution in [2.24, 2.45) is 0 Å². The van der Waals surface area contributed by atoms with E-state index in [1.54, 1.807) is 6.07 Å². The summed E-state index contributed by atoms with van der Waals surface area (Å²) in [5.41, 5.74) is 7.54. The highest BCUT2D eigenvalue weighted by molar-refractivity contribution is 7.20. The molecule has 3 heterocycles. The molecule has 0 aliphatic carbocycles. The summed E-state index contributed by atoms with van der Waals surface area (Å²) in [6, 6.07) is 8.51. The van der Waals surface area contributed by atoms with Crippen molar-refractivity contribution < 1.29 is 19.1 Å². The van der Waals surface area contributed by atoms with Gasteiger partial charge >= 0.3 is 5.97 Å². The Morgan fingerprint density at radius 1 is 1.23 bits per heavy atom. The summed E-state index contributed by atoms with van der Waals surface area (Å²) < 4.78 is 10.1. The van der Waals surface area contributed by atoms with E-state index in [4.69, 9.17) is 15.2 Å². The predicted octanol–water partition coefficient (Wildman–Crippen LogP) is 2.28. The first-order chi connectivity index (χ1) is 14.5. The Morgan fingerprint density at radius 2 is 2.03 bits per heavy atom. The molecule has 0 fully saturated rings.